The second kappa shape index (κ2) is 3.71. The highest BCUT2D eigenvalue weighted by Crippen LogP contribution is 2.23. The van der Waals surface area contributed by atoms with E-state index in [1.807, 2.05) is 0 Å². The van der Waals surface area contributed by atoms with E-state index in [4.69, 9.17) is 5.73 Å². The number of amides is 1. The highest BCUT2D eigenvalue weighted by atomic mass is 19.4. The van der Waals surface area contributed by atoms with Crippen LogP contribution in [0.5, 0.6) is 5.88 Å². The van der Waals surface area contributed by atoms with Gasteiger partial charge < -0.3 is 10.5 Å². The quantitative estimate of drug-likeness (QED) is 0.768. The first kappa shape index (κ1) is 11.2. The van der Waals surface area contributed by atoms with E-state index in [1.54, 1.807) is 0 Å². The van der Waals surface area contributed by atoms with Gasteiger partial charge in [0, 0.05) is 6.20 Å². The first-order valence-corrected chi connectivity index (χ1v) is 3.50. The largest absolute Gasteiger partial charge is 0.574 e. The molecule has 0 aliphatic carbocycles. The predicted octanol–water partition coefficient (Wildman–Crippen LogP) is 1.22. The van der Waals surface area contributed by atoms with Crippen molar-refractivity contribution in [1.82, 2.24) is 4.98 Å². The van der Waals surface area contributed by atoms with Gasteiger partial charge in [0.1, 0.15) is 0 Å². The molecule has 4 nitrogen and oxygen atoms in total. The lowest BCUT2D eigenvalue weighted by molar-refractivity contribution is -0.277. The summed E-state index contributed by atoms with van der Waals surface area (Å²) in [7, 11) is 0. The maximum atomic E-state index is 12.8. The zero-order chi connectivity index (χ0) is 11.6. The molecule has 0 aliphatic heterocycles. The van der Waals surface area contributed by atoms with Gasteiger partial charge in [-0.3, -0.25) is 4.79 Å². The van der Waals surface area contributed by atoms with Crippen LogP contribution in [0.25, 0.3) is 0 Å². The Labute approximate surface area is 80.7 Å². The van der Waals surface area contributed by atoms with E-state index in [9.17, 15) is 22.4 Å². The van der Waals surface area contributed by atoms with Gasteiger partial charge in [-0.15, -0.1) is 13.2 Å². The Hall–Kier alpha value is -1.86. The Bertz CT molecular complexity index is 391. The van der Waals surface area contributed by atoms with Crippen LogP contribution in [-0.4, -0.2) is 17.3 Å². The van der Waals surface area contributed by atoms with Gasteiger partial charge in [-0.2, -0.15) is 0 Å². The number of pyridine rings is 1. The van der Waals surface area contributed by atoms with Gasteiger partial charge in [0.25, 0.3) is 5.88 Å². The standard InChI is InChI=1S/C7H4F4N2O2/c8-4-1-3(5(12)14)2-13-6(4)15-7(9,10)11/h1-2H,(H2,12,14). The SMILES string of the molecule is NC(=O)c1cnc(OC(F)(F)F)c(F)c1. The van der Waals surface area contributed by atoms with Crippen LogP contribution in [0.1, 0.15) is 10.4 Å². The molecular formula is C7H4F4N2O2. The number of hydrogen-bond acceptors (Lipinski definition) is 3. The average molecular weight is 224 g/mol. The minimum Gasteiger partial charge on any atom is -0.385 e. The van der Waals surface area contributed by atoms with Crippen molar-refractivity contribution in [1.29, 1.82) is 0 Å². The number of hydrogen-bond donors (Lipinski definition) is 1. The van der Waals surface area contributed by atoms with E-state index in [2.05, 4.69) is 9.72 Å². The lowest BCUT2D eigenvalue weighted by Crippen LogP contribution is -2.19. The molecule has 1 aromatic heterocycles. The highest BCUT2D eigenvalue weighted by molar-refractivity contribution is 5.92. The Morgan fingerprint density at radius 3 is 2.47 bits per heavy atom. The summed E-state index contributed by atoms with van der Waals surface area (Å²) < 4.78 is 51.1. The number of ether oxygens (including phenoxy) is 1. The van der Waals surface area contributed by atoms with Crippen LogP contribution in [0, 0.1) is 5.82 Å². The maximum Gasteiger partial charge on any atom is 0.574 e. The van der Waals surface area contributed by atoms with E-state index in [1.165, 1.54) is 0 Å². The van der Waals surface area contributed by atoms with E-state index < -0.39 is 24.0 Å². The first-order valence-electron chi connectivity index (χ1n) is 3.50. The normalized spacial score (nSPS) is 11.2. The lowest BCUT2D eigenvalue weighted by Gasteiger charge is -2.08. The summed E-state index contributed by atoms with van der Waals surface area (Å²) in [6, 6.07) is 0.510. The predicted molar refractivity (Wildman–Crippen MR) is 39.4 cm³/mol. The molecule has 0 spiro atoms. The fourth-order valence-corrected chi connectivity index (χ4v) is 0.745. The molecule has 8 heteroatoms. The number of nitrogens with two attached hydrogens (primary N) is 1. The van der Waals surface area contributed by atoms with Crippen molar-refractivity contribution in [3.05, 3.63) is 23.6 Å². The first-order chi connectivity index (χ1) is 6.79. The van der Waals surface area contributed by atoms with Crippen LogP contribution in [0.3, 0.4) is 0 Å². The topological polar surface area (TPSA) is 65.2 Å². The summed E-state index contributed by atoms with van der Waals surface area (Å²) in [4.78, 5) is 13.5. The van der Waals surface area contributed by atoms with Crippen LogP contribution in [0.2, 0.25) is 0 Å². The van der Waals surface area contributed by atoms with Crippen LogP contribution < -0.4 is 10.5 Å². The van der Waals surface area contributed by atoms with Gasteiger partial charge in [0.15, 0.2) is 5.82 Å². The Morgan fingerprint density at radius 1 is 1.47 bits per heavy atom. The van der Waals surface area contributed by atoms with Gasteiger partial charge in [0.2, 0.25) is 5.91 Å². The highest BCUT2D eigenvalue weighted by Gasteiger charge is 2.33. The molecule has 0 atom stereocenters. The molecule has 1 rings (SSSR count). The van der Waals surface area contributed by atoms with Crippen LogP contribution in [-0.2, 0) is 0 Å². The number of rotatable bonds is 2. The Kier molecular flexibility index (Phi) is 2.78. The molecule has 0 fully saturated rings. The molecule has 1 heterocycles. The minimum atomic E-state index is -5.04. The summed E-state index contributed by atoms with van der Waals surface area (Å²) in [6.45, 7) is 0. The third-order valence-electron chi connectivity index (χ3n) is 1.30. The van der Waals surface area contributed by atoms with Gasteiger partial charge in [-0.1, -0.05) is 0 Å². The molecule has 1 amide bonds. The summed E-state index contributed by atoms with van der Waals surface area (Å²) in [5.41, 5.74) is 4.41. The van der Waals surface area contributed by atoms with Gasteiger partial charge >= 0.3 is 6.36 Å². The Balaban J connectivity index is 2.99. The molecule has 0 bridgehead atoms. The summed E-state index contributed by atoms with van der Waals surface area (Å²) in [5, 5.41) is 0. The van der Waals surface area contributed by atoms with Crippen molar-refractivity contribution < 1.29 is 27.1 Å². The fourth-order valence-electron chi connectivity index (χ4n) is 0.745. The van der Waals surface area contributed by atoms with Crippen LogP contribution >= 0.6 is 0 Å². The molecule has 0 saturated carbocycles. The molecule has 0 aliphatic rings. The van der Waals surface area contributed by atoms with E-state index in [0.29, 0.717) is 12.3 Å². The summed E-state index contributed by atoms with van der Waals surface area (Å²) in [6.07, 6.45) is -4.35. The molecule has 0 unspecified atom stereocenters. The monoisotopic (exact) mass is 224 g/mol. The smallest absolute Gasteiger partial charge is 0.385 e. The Morgan fingerprint density at radius 2 is 2.07 bits per heavy atom. The number of halogens is 4. The maximum absolute atomic E-state index is 12.8. The van der Waals surface area contributed by atoms with Crippen molar-refractivity contribution in [3.63, 3.8) is 0 Å². The molecule has 2 N–H and O–H groups in total. The fraction of sp³-hybridized carbons (Fsp3) is 0.143. The third kappa shape index (κ3) is 3.08. The second-order valence-electron chi connectivity index (χ2n) is 2.42. The molecule has 0 saturated heterocycles. The molecule has 0 aromatic carbocycles. The average Bonchev–Trinajstić information content (AvgIpc) is 2.05. The number of carbonyl (C=O) groups excluding carboxylic acids is 1. The van der Waals surface area contributed by atoms with E-state index in [-0.39, 0.29) is 5.56 Å². The van der Waals surface area contributed by atoms with E-state index >= 15 is 0 Å². The van der Waals surface area contributed by atoms with Crippen molar-refractivity contribution in [3.8, 4) is 5.88 Å². The molecule has 1 aromatic rings. The number of carbonyl (C=O) groups is 1. The lowest BCUT2D eigenvalue weighted by atomic mass is 10.3. The van der Waals surface area contributed by atoms with Gasteiger partial charge in [-0.25, -0.2) is 9.37 Å². The van der Waals surface area contributed by atoms with Crippen molar-refractivity contribution in [2.45, 2.75) is 6.36 Å². The molecule has 0 radical (unpaired) electrons. The zero-order valence-corrected chi connectivity index (χ0v) is 7.01. The van der Waals surface area contributed by atoms with Crippen LogP contribution in [0.4, 0.5) is 17.6 Å². The van der Waals surface area contributed by atoms with Crippen molar-refractivity contribution in [2.75, 3.05) is 0 Å². The molecule has 15 heavy (non-hydrogen) atoms. The molecular weight excluding hydrogens is 220 g/mol. The number of aromatic nitrogens is 1. The number of alkyl halides is 3. The summed E-state index contributed by atoms with van der Waals surface area (Å²) in [5.74, 6) is -3.67. The molecule has 82 valence electrons. The third-order valence-corrected chi connectivity index (χ3v) is 1.30. The van der Waals surface area contributed by atoms with Crippen molar-refractivity contribution >= 4 is 5.91 Å². The zero-order valence-electron chi connectivity index (χ0n) is 7.01. The van der Waals surface area contributed by atoms with E-state index in [0.717, 1.165) is 0 Å². The van der Waals surface area contributed by atoms with Gasteiger partial charge in [0.05, 0.1) is 5.56 Å². The van der Waals surface area contributed by atoms with Crippen molar-refractivity contribution in [2.24, 2.45) is 5.73 Å². The summed E-state index contributed by atoms with van der Waals surface area (Å²) >= 11 is 0. The van der Waals surface area contributed by atoms with Gasteiger partial charge in [-0.05, 0) is 6.07 Å². The number of primary amides is 1. The number of nitrogens with zero attached hydrogens (tertiary/aromatic N) is 1. The minimum absolute atomic E-state index is 0.345. The second-order valence-corrected chi connectivity index (χ2v) is 2.42. The van der Waals surface area contributed by atoms with Crippen LogP contribution in [0.15, 0.2) is 12.3 Å².